The summed E-state index contributed by atoms with van der Waals surface area (Å²) in [6, 6.07) is 0. The van der Waals surface area contributed by atoms with Crippen LogP contribution in [0.3, 0.4) is 0 Å². The van der Waals surface area contributed by atoms with E-state index >= 15 is 0 Å². The van der Waals surface area contributed by atoms with Crippen molar-refractivity contribution in [3.8, 4) is 0 Å². The van der Waals surface area contributed by atoms with Gasteiger partial charge in [0.15, 0.2) is 0 Å². The Morgan fingerprint density at radius 2 is 2.21 bits per heavy atom. The van der Waals surface area contributed by atoms with E-state index in [0.717, 1.165) is 0 Å². The molecule has 130 valence electrons. The quantitative estimate of drug-likeness (QED) is 0.869. The van der Waals surface area contributed by atoms with E-state index in [-0.39, 0.29) is 11.5 Å². The van der Waals surface area contributed by atoms with Crippen LogP contribution >= 0.6 is 11.3 Å². The van der Waals surface area contributed by atoms with Crippen LogP contribution in [0.2, 0.25) is 0 Å². The fraction of sp³-hybridized carbons (Fsp3) is 0.562. The fourth-order valence-electron chi connectivity index (χ4n) is 3.30. The van der Waals surface area contributed by atoms with Crippen LogP contribution in [0.15, 0.2) is 11.1 Å². The molecule has 24 heavy (non-hydrogen) atoms. The summed E-state index contributed by atoms with van der Waals surface area (Å²) in [5.74, 6) is -0.132. The number of aromatic nitrogens is 2. The summed E-state index contributed by atoms with van der Waals surface area (Å²) >= 11 is 1.25. The van der Waals surface area contributed by atoms with Crippen molar-refractivity contribution in [2.24, 2.45) is 7.05 Å². The van der Waals surface area contributed by atoms with Crippen LogP contribution in [-0.2, 0) is 7.05 Å². The number of β-amino-alcohol motifs (C(OH)–C–C–N with tert-alkyl or cyclic N) is 1. The Kier molecular flexibility index (Phi) is 4.23. The lowest BCUT2D eigenvalue weighted by Crippen LogP contribution is -2.43. The van der Waals surface area contributed by atoms with E-state index in [1.165, 1.54) is 22.2 Å². The largest absolute Gasteiger partial charge is 0.387 e. The molecule has 2 aromatic rings. The Morgan fingerprint density at radius 3 is 2.88 bits per heavy atom. The van der Waals surface area contributed by atoms with E-state index in [9.17, 15) is 14.7 Å². The summed E-state index contributed by atoms with van der Waals surface area (Å²) < 4.78 is 1.42. The molecule has 1 atom stereocenters. The second-order valence-corrected chi connectivity index (χ2v) is 7.83. The standard InChI is InChI=1S/C16H22N4O3S/c1-10-11-13(17-9-19(4)14(11)21)24-12(10)15(22)20-6-5-16(23,8-20)7-18(2)3/h9,23H,5-8H2,1-4H3/t16-/m1/s1. The minimum Gasteiger partial charge on any atom is -0.387 e. The monoisotopic (exact) mass is 350 g/mol. The molecular formula is C16H22N4O3S. The first-order valence-electron chi connectivity index (χ1n) is 7.83. The molecule has 0 saturated carbocycles. The average molecular weight is 350 g/mol. The summed E-state index contributed by atoms with van der Waals surface area (Å²) in [7, 11) is 5.45. The number of aliphatic hydroxyl groups is 1. The second kappa shape index (κ2) is 5.94. The normalized spacial score (nSPS) is 21.2. The van der Waals surface area contributed by atoms with Gasteiger partial charge in [-0.15, -0.1) is 11.3 Å². The zero-order valence-electron chi connectivity index (χ0n) is 14.4. The minimum atomic E-state index is -0.877. The van der Waals surface area contributed by atoms with E-state index in [2.05, 4.69) is 4.98 Å². The number of likely N-dealkylation sites (N-methyl/N-ethyl adjacent to an activating group) is 1. The van der Waals surface area contributed by atoms with Crippen LogP contribution < -0.4 is 5.56 Å². The SMILES string of the molecule is Cc1c(C(=O)N2CC[C@@](O)(CN(C)C)C2)sc2ncn(C)c(=O)c12. The van der Waals surface area contributed by atoms with Crippen LogP contribution in [0.1, 0.15) is 21.7 Å². The summed E-state index contributed by atoms with van der Waals surface area (Å²) in [5.41, 5.74) is -0.340. The van der Waals surface area contributed by atoms with Crippen LogP contribution in [0, 0.1) is 6.92 Å². The van der Waals surface area contributed by atoms with E-state index < -0.39 is 5.60 Å². The first-order chi connectivity index (χ1) is 11.2. The van der Waals surface area contributed by atoms with Crippen molar-refractivity contribution in [3.63, 3.8) is 0 Å². The zero-order chi connectivity index (χ0) is 17.6. The minimum absolute atomic E-state index is 0.132. The Bertz CT molecular complexity index is 857. The molecule has 1 aliphatic rings. The fourth-order valence-corrected chi connectivity index (χ4v) is 4.41. The molecule has 1 aliphatic heterocycles. The predicted molar refractivity (Wildman–Crippen MR) is 93.6 cm³/mol. The number of hydrogen-bond acceptors (Lipinski definition) is 6. The maximum Gasteiger partial charge on any atom is 0.264 e. The first-order valence-corrected chi connectivity index (χ1v) is 8.64. The highest BCUT2D eigenvalue weighted by Gasteiger charge is 2.39. The van der Waals surface area contributed by atoms with Gasteiger partial charge in [-0.25, -0.2) is 4.98 Å². The van der Waals surface area contributed by atoms with Crippen LogP contribution in [0.5, 0.6) is 0 Å². The number of fused-ring (bicyclic) bond motifs is 1. The number of carbonyl (C=O) groups is 1. The third-order valence-corrected chi connectivity index (χ3v) is 5.62. The Morgan fingerprint density at radius 1 is 1.50 bits per heavy atom. The van der Waals surface area contributed by atoms with E-state index in [4.69, 9.17) is 0 Å². The van der Waals surface area contributed by atoms with Gasteiger partial charge in [-0.2, -0.15) is 0 Å². The lowest BCUT2D eigenvalue weighted by molar-refractivity contribution is 0.0237. The van der Waals surface area contributed by atoms with Gasteiger partial charge in [-0.1, -0.05) is 0 Å². The third-order valence-electron chi connectivity index (χ3n) is 4.43. The van der Waals surface area contributed by atoms with Crippen molar-refractivity contribution in [1.29, 1.82) is 0 Å². The zero-order valence-corrected chi connectivity index (χ0v) is 15.2. The van der Waals surface area contributed by atoms with Gasteiger partial charge >= 0.3 is 0 Å². The van der Waals surface area contributed by atoms with Crippen molar-refractivity contribution in [2.75, 3.05) is 33.7 Å². The molecule has 3 rings (SSSR count). The summed E-state index contributed by atoms with van der Waals surface area (Å²) in [6.45, 7) is 3.13. The molecule has 3 heterocycles. The maximum absolute atomic E-state index is 12.9. The molecule has 0 bridgehead atoms. The third kappa shape index (κ3) is 2.85. The first kappa shape index (κ1) is 17.1. The van der Waals surface area contributed by atoms with E-state index in [0.29, 0.717) is 46.7 Å². The predicted octanol–water partition coefficient (Wildman–Crippen LogP) is 0.442. The van der Waals surface area contributed by atoms with Gasteiger partial charge in [0.05, 0.1) is 28.7 Å². The number of rotatable bonds is 3. The molecule has 0 radical (unpaired) electrons. The van der Waals surface area contributed by atoms with Gasteiger partial charge in [-0.05, 0) is 33.0 Å². The lowest BCUT2D eigenvalue weighted by Gasteiger charge is -2.26. The van der Waals surface area contributed by atoms with Crippen molar-refractivity contribution in [1.82, 2.24) is 19.4 Å². The van der Waals surface area contributed by atoms with E-state index in [1.54, 1.807) is 18.9 Å². The summed E-state index contributed by atoms with van der Waals surface area (Å²) in [5, 5.41) is 11.1. The van der Waals surface area contributed by atoms with Crippen LogP contribution in [-0.4, -0.2) is 69.7 Å². The number of carbonyl (C=O) groups excluding carboxylic acids is 1. The van der Waals surface area contributed by atoms with E-state index in [1.807, 2.05) is 19.0 Å². The summed E-state index contributed by atoms with van der Waals surface area (Å²) in [4.78, 5) is 34.1. The molecule has 2 aromatic heterocycles. The maximum atomic E-state index is 12.9. The van der Waals surface area contributed by atoms with Gasteiger partial charge in [0, 0.05) is 20.1 Å². The molecular weight excluding hydrogens is 328 g/mol. The van der Waals surface area contributed by atoms with Gasteiger partial charge in [-0.3, -0.25) is 9.59 Å². The molecule has 0 aliphatic carbocycles. The molecule has 8 heteroatoms. The van der Waals surface area contributed by atoms with Crippen molar-refractivity contribution >= 4 is 27.5 Å². The van der Waals surface area contributed by atoms with Gasteiger partial charge < -0.3 is 19.5 Å². The van der Waals surface area contributed by atoms with Crippen LogP contribution in [0.25, 0.3) is 10.2 Å². The molecule has 1 saturated heterocycles. The number of hydrogen-bond donors (Lipinski definition) is 1. The molecule has 0 aromatic carbocycles. The number of likely N-dealkylation sites (tertiary alicyclic amines) is 1. The smallest absolute Gasteiger partial charge is 0.264 e. The summed E-state index contributed by atoms with van der Waals surface area (Å²) in [6.07, 6.45) is 2.03. The number of thiophene rings is 1. The Hall–Kier alpha value is -1.77. The average Bonchev–Trinajstić information content (AvgIpc) is 3.03. The molecule has 0 spiro atoms. The van der Waals surface area contributed by atoms with Gasteiger partial charge in [0.1, 0.15) is 4.83 Å². The van der Waals surface area contributed by atoms with Gasteiger partial charge in [0.2, 0.25) is 0 Å². The highest BCUT2D eigenvalue weighted by molar-refractivity contribution is 7.20. The number of nitrogens with zero attached hydrogens (tertiary/aromatic N) is 4. The number of amides is 1. The topological polar surface area (TPSA) is 78.7 Å². The van der Waals surface area contributed by atoms with Gasteiger partial charge in [0.25, 0.3) is 11.5 Å². The second-order valence-electron chi connectivity index (χ2n) is 6.84. The highest BCUT2D eigenvalue weighted by Crippen LogP contribution is 2.30. The molecule has 1 amide bonds. The van der Waals surface area contributed by atoms with Crippen molar-refractivity contribution in [2.45, 2.75) is 18.9 Å². The Labute approximate surface area is 144 Å². The number of aryl methyl sites for hydroxylation is 2. The molecule has 7 nitrogen and oxygen atoms in total. The highest BCUT2D eigenvalue weighted by atomic mass is 32.1. The molecule has 1 N–H and O–H groups in total. The molecule has 1 fully saturated rings. The van der Waals surface area contributed by atoms with Crippen LogP contribution in [0.4, 0.5) is 0 Å². The lowest BCUT2D eigenvalue weighted by atomic mass is 10.0. The van der Waals surface area contributed by atoms with Crippen molar-refractivity contribution < 1.29 is 9.90 Å². The van der Waals surface area contributed by atoms with Crippen molar-refractivity contribution in [3.05, 3.63) is 27.1 Å². The molecule has 0 unspecified atom stereocenters. The Balaban J connectivity index is 1.92.